The van der Waals surface area contributed by atoms with E-state index in [-0.39, 0.29) is 18.0 Å². The minimum absolute atomic E-state index is 0.108. The first-order valence-electron chi connectivity index (χ1n) is 7.10. The molecule has 120 valence electrons. The van der Waals surface area contributed by atoms with Crippen LogP contribution >= 0.6 is 0 Å². The maximum Gasteiger partial charge on any atom is 0.411 e. The van der Waals surface area contributed by atoms with E-state index >= 15 is 0 Å². The molecule has 0 bridgehead atoms. The van der Waals surface area contributed by atoms with Gasteiger partial charge in [-0.25, -0.2) is 4.79 Å². The number of nitrogens with zero attached hydrogens (tertiary/aromatic N) is 1. The molecule has 0 aliphatic carbocycles. The van der Waals surface area contributed by atoms with Gasteiger partial charge in [-0.1, -0.05) is 24.3 Å². The molecule has 0 aliphatic heterocycles. The van der Waals surface area contributed by atoms with Gasteiger partial charge in [-0.3, -0.25) is 15.4 Å². The Hall–Kier alpha value is -3.09. The fraction of sp³-hybridized carbons (Fsp3) is 0.188. The highest BCUT2D eigenvalue weighted by Crippen LogP contribution is 2.26. The Morgan fingerprint density at radius 2 is 1.96 bits per heavy atom. The summed E-state index contributed by atoms with van der Waals surface area (Å²) in [6.07, 6.45) is -0.717. The summed E-state index contributed by atoms with van der Waals surface area (Å²) in [7, 11) is 0. The largest absolute Gasteiger partial charge is 0.450 e. The van der Waals surface area contributed by atoms with Crippen LogP contribution < -0.4 is 10.6 Å². The lowest BCUT2D eigenvalue weighted by Crippen LogP contribution is -2.14. The monoisotopic (exact) mass is 315 g/mol. The topological polar surface area (TPSA) is 93.5 Å². The van der Waals surface area contributed by atoms with Crippen molar-refractivity contribution in [3.8, 4) is 0 Å². The van der Waals surface area contributed by atoms with Crippen molar-refractivity contribution in [1.82, 2.24) is 0 Å². The molecule has 0 aliphatic rings. The molecule has 0 fully saturated rings. The van der Waals surface area contributed by atoms with Gasteiger partial charge in [0.05, 0.1) is 11.5 Å². The molecule has 0 radical (unpaired) electrons. The van der Waals surface area contributed by atoms with E-state index in [4.69, 9.17) is 4.74 Å². The number of ether oxygens (including phenoxy) is 1. The Morgan fingerprint density at radius 1 is 1.22 bits per heavy atom. The second-order valence-electron chi connectivity index (χ2n) is 4.67. The predicted octanol–water partition coefficient (Wildman–Crippen LogP) is 3.78. The van der Waals surface area contributed by atoms with E-state index in [0.717, 1.165) is 11.3 Å². The number of hydrogen-bond donors (Lipinski definition) is 2. The molecule has 7 heteroatoms. The molecule has 2 aromatic carbocycles. The zero-order valence-corrected chi connectivity index (χ0v) is 12.6. The summed E-state index contributed by atoms with van der Waals surface area (Å²) in [5, 5.41) is 16.7. The molecule has 1 amide bonds. The summed E-state index contributed by atoms with van der Waals surface area (Å²) in [5.74, 6) is 0. The van der Waals surface area contributed by atoms with Crippen molar-refractivity contribution in [2.24, 2.45) is 0 Å². The van der Waals surface area contributed by atoms with Crippen molar-refractivity contribution < 1.29 is 14.5 Å². The second-order valence-corrected chi connectivity index (χ2v) is 4.67. The fourth-order valence-corrected chi connectivity index (χ4v) is 1.98. The Bertz CT molecular complexity index is 689. The second kappa shape index (κ2) is 7.79. The fourth-order valence-electron chi connectivity index (χ4n) is 1.98. The van der Waals surface area contributed by atoms with Gasteiger partial charge in [0.15, 0.2) is 0 Å². The number of benzene rings is 2. The molecule has 0 heterocycles. The lowest BCUT2D eigenvalue weighted by atomic mass is 10.1. The average Bonchev–Trinajstić information content (AvgIpc) is 2.55. The van der Waals surface area contributed by atoms with Crippen molar-refractivity contribution in [2.45, 2.75) is 13.5 Å². The third kappa shape index (κ3) is 4.70. The zero-order chi connectivity index (χ0) is 16.7. The Kier molecular flexibility index (Phi) is 5.51. The van der Waals surface area contributed by atoms with Gasteiger partial charge in [-0.15, -0.1) is 0 Å². The van der Waals surface area contributed by atoms with Crippen LogP contribution in [0, 0.1) is 10.1 Å². The van der Waals surface area contributed by atoms with Crippen molar-refractivity contribution >= 4 is 23.2 Å². The molecule has 2 N–H and O–H groups in total. The molecule has 7 nitrogen and oxygen atoms in total. The van der Waals surface area contributed by atoms with Crippen LogP contribution in [-0.4, -0.2) is 17.6 Å². The Labute approximate surface area is 133 Å². The van der Waals surface area contributed by atoms with E-state index in [1.54, 1.807) is 13.0 Å². The highest BCUT2D eigenvalue weighted by molar-refractivity contribution is 5.87. The molecule has 2 rings (SSSR count). The lowest BCUT2D eigenvalue weighted by molar-refractivity contribution is -0.384. The number of nitrogens with one attached hydrogen (secondary N) is 2. The van der Waals surface area contributed by atoms with E-state index < -0.39 is 11.0 Å². The number of nitro benzene ring substituents is 1. The number of carbonyl (C=O) groups is 1. The van der Waals surface area contributed by atoms with Crippen LogP contribution in [0.3, 0.4) is 0 Å². The summed E-state index contributed by atoms with van der Waals surface area (Å²) in [6, 6.07) is 14.2. The number of anilines is 2. The van der Waals surface area contributed by atoms with Crippen LogP contribution in [0.5, 0.6) is 0 Å². The lowest BCUT2D eigenvalue weighted by Gasteiger charge is -2.09. The van der Waals surface area contributed by atoms with E-state index in [9.17, 15) is 14.9 Å². The Morgan fingerprint density at radius 3 is 2.61 bits per heavy atom. The van der Waals surface area contributed by atoms with Gasteiger partial charge in [0.1, 0.15) is 5.69 Å². The summed E-state index contributed by atoms with van der Waals surface area (Å²) in [6.45, 7) is 2.29. The number of para-hydroxylation sites is 1. The Balaban J connectivity index is 2.12. The highest BCUT2D eigenvalue weighted by Gasteiger charge is 2.17. The first-order valence-corrected chi connectivity index (χ1v) is 7.10. The van der Waals surface area contributed by atoms with Crippen LogP contribution in [0.4, 0.5) is 21.9 Å². The first kappa shape index (κ1) is 16.3. The van der Waals surface area contributed by atoms with Crippen LogP contribution in [0.15, 0.2) is 48.5 Å². The number of amides is 1. The van der Waals surface area contributed by atoms with E-state index in [2.05, 4.69) is 10.6 Å². The van der Waals surface area contributed by atoms with Gasteiger partial charge in [0.25, 0.3) is 5.69 Å². The molecule has 0 saturated heterocycles. The van der Waals surface area contributed by atoms with Gasteiger partial charge in [-0.2, -0.15) is 0 Å². The van der Waals surface area contributed by atoms with Gasteiger partial charge < -0.3 is 10.1 Å². The molecule has 0 aromatic heterocycles. The maximum absolute atomic E-state index is 11.4. The van der Waals surface area contributed by atoms with Crippen molar-refractivity contribution in [3.63, 3.8) is 0 Å². The summed E-state index contributed by atoms with van der Waals surface area (Å²) < 4.78 is 4.73. The molecule has 0 unspecified atom stereocenters. The number of hydrogen-bond acceptors (Lipinski definition) is 5. The van der Waals surface area contributed by atoms with Crippen LogP contribution in [0.2, 0.25) is 0 Å². The van der Waals surface area contributed by atoms with Crippen LogP contribution in [0.25, 0.3) is 0 Å². The molecular weight excluding hydrogens is 298 g/mol. The quantitative estimate of drug-likeness (QED) is 0.625. The molecule has 23 heavy (non-hydrogen) atoms. The zero-order valence-electron chi connectivity index (χ0n) is 12.6. The summed E-state index contributed by atoms with van der Waals surface area (Å²) >= 11 is 0. The third-order valence-electron chi connectivity index (χ3n) is 3.04. The van der Waals surface area contributed by atoms with Crippen LogP contribution in [0.1, 0.15) is 12.5 Å². The summed E-state index contributed by atoms with van der Waals surface area (Å²) in [5.41, 5.74) is 1.58. The highest BCUT2D eigenvalue weighted by atomic mass is 16.6. The number of carbonyl (C=O) groups excluding carboxylic acids is 1. The van der Waals surface area contributed by atoms with Crippen molar-refractivity contribution in [2.75, 3.05) is 17.2 Å². The number of rotatable bonds is 6. The molecule has 0 saturated carbocycles. The summed E-state index contributed by atoms with van der Waals surface area (Å²) in [4.78, 5) is 22.1. The molecule has 0 spiro atoms. The minimum Gasteiger partial charge on any atom is -0.450 e. The minimum atomic E-state index is -0.717. The van der Waals surface area contributed by atoms with Gasteiger partial charge in [0, 0.05) is 18.3 Å². The van der Waals surface area contributed by atoms with Gasteiger partial charge in [-0.05, 0) is 30.7 Å². The van der Waals surface area contributed by atoms with Crippen LogP contribution in [-0.2, 0) is 11.3 Å². The van der Waals surface area contributed by atoms with Crippen molar-refractivity contribution in [3.05, 3.63) is 64.2 Å². The third-order valence-corrected chi connectivity index (χ3v) is 3.04. The van der Waals surface area contributed by atoms with E-state index in [1.807, 2.05) is 30.3 Å². The standard InChI is InChI=1S/C16H17N3O4/c1-2-23-16(20)18-14-9-8-12(10-15(14)19(21)22)11-17-13-6-4-3-5-7-13/h3-10,17H,2,11H2,1H3,(H,18,20). The normalized spacial score (nSPS) is 9.96. The van der Waals surface area contributed by atoms with Crippen molar-refractivity contribution in [1.29, 1.82) is 0 Å². The van der Waals surface area contributed by atoms with E-state index in [1.165, 1.54) is 12.1 Å². The molecule has 0 atom stereocenters. The first-order chi connectivity index (χ1) is 11.1. The SMILES string of the molecule is CCOC(=O)Nc1ccc(CNc2ccccc2)cc1[N+](=O)[O-]. The van der Waals surface area contributed by atoms with Gasteiger partial charge >= 0.3 is 6.09 Å². The predicted molar refractivity (Wildman–Crippen MR) is 87.5 cm³/mol. The molecule has 2 aromatic rings. The number of nitro groups is 1. The average molecular weight is 315 g/mol. The van der Waals surface area contributed by atoms with Gasteiger partial charge in [0.2, 0.25) is 0 Å². The maximum atomic E-state index is 11.4. The van der Waals surface area contributed by atoms with E-state index in [0.29, 0.717) is 6.54 Å². The molecular formula is C16H17N3O4. The smallest absolute Gasteiger partial charge is 0.411 e.